The van der Waals surface area contributed by atoms with Crippen LogP contribution in [0.3, 0.4) is 0 Å². The molecule has 12 saturated carbocycles. The first-order valence-electron chi connectivity index (χ1n) is 18.0. The number of hydrogen-bond acceptors (Lipinski definition) is 6. The Morgan fingerprint density at radius 3 is 1.52 bits per heavy atom. The molecule has 0 aromatic carbocycles. The van der Waals surface area contributed by atoms with E-state index in [1.807, 2.05) is 0 Å². The topological polar surface area (TPSA) is 71.1 Å². The molecule has 13 aliphatic rings. The number of hydrogen-bond donors (Lipinski definition) is 0. The number of esters is 1. The summed E-state index contributed by atoms with van der Waals surface area (Å²) in [5, 5.41) is 0. The number of ketones is 1. The van der Waals surface area contributed by atoms with Crippen molar-refractivity contribution in [1.82, 2.24) is 0 Å². The summed E-state index contributed by atoms with van der Waals surface area (Å²) in [5.74, 6) is 6.38. The second-order valence-corrected chi connectivity index (χ2v) is 17.9. The van der Waals surface area contributed by atoms with Gasteiger partial charge in [0.2, 0.25) is 0 Å². The van der Waals surface area contributed by atoms with E-state index < -0.39 is 18.2 Å². The maximum absolute atomic E-state index is 13.9. The quantitative estimate of drug-likeness (QED) is 0.324. The Morgan fingerprint density at radius 1 is 0.571 bits per heavy atom. The van der Waals surface area contributed by atoms with Crippen molar-refractivity contribution in [2.24, 2.45) is 70.0 Å². The van der Waals surface area contributed by atoms with Crippen LogP contribution in [0.1, 0.15) is 109 Å². The Morgan fingerprint density at radius 2 is 1.02 bits per heavy atom. The summed E-state index contributed by atoms with van der Waals surface area (Å²) in [6, 6.07) is 0. The third kappa shape index (κ3) is 3.85. The minimum Gasteiger partial charge on any atom is -0.462 e. The van der Waals surface area contributed by atoms with E-state index in [-0.39, 0.29) is 30.0 Å². The van der Waals surface area contributed by atoms with Gasteiger partial charge < -0.3 is 18.9 Å². The van der Waals surface area contributed by atoms with Gasteiger partial charge in [0.1, 0.15) is 19.3 Å². The van der Waals surface area contributed by atoms with Crippen LogP contribution in [-0.4, -0.2) is 43.1 Å². The van der Waals surface area contributed by atoms with E-state index in [1.165, 1.54) is 70.6 Å². The molecular formula is C36H50O6. The molecule has 6 nitrogen and oxygen atoms in total. The molecule has 2 unspecified atom stereocenters. The zero-order valence-corrected chi connectivity index (χ0v) is 25.3. The van der Waals surface area contributed by atoms with Gasteiger partial charge in [-0.25, -0.2) is 0 Å². The summed E-state index contributed by atoms with van der Waals surface area (Å²) >= 11 is 0. The van der Waals surface area contributed by atoms with Crippen molar-refractivity contribution in [3.8, 4) is 0 Å². The van der Waals surface area contributed by atoms with Gasteiger partial charge in [-0.3, -0.25) is 9.59 Å². The van der Waals surface area contributed by atoms with Crippen LogP contribution in [0.15, 0.2) is 0 Å². The van der Waals surface area contributed by atoms with Crippen molar-refractivity contribution in [2.45, 2.75) is 127 Å². The smallest absolute Gasteiger partial charge is 0.312 e. The zero-order valence-electron chi connectivity index (χ0n) is 25.3. The number of carbonyl (C=O) groups excluding carboxylic acids is 2. The van der Waals surface area contributed by atoms with Crippen LogP contribution in [0.2, 0.25) is 0 Å². The molecule has 13 rings (SSSR count). The third-order valence-electron chi connectivity index (χ3n) is 15.1. The number of rotatable bonds is 7. The van der Waals surface area contributed by atoms with Crippen LogP contribution in [0.5, 0.6) is 0 Å². The van der Waals surface area contributed by atoms with E-state index in [1.54, 1.807) is 0 Å². The van der Waals surface area contributed by atoms with E-state index in [0.29, 0.717) is 35.4 Å². The van der Waals surface area contributed by atoms with Crippen LogP contribution in [-0.2, 0) is 28.5 Å². The van der Waals surface area contributed by atoms with Gasteiger partial charge in [0.05, 0.1) is 5.41 Å². The summed E-state index contributed by atoms with van der Waals surface area (Å²) in [7, 11) is 0. The molecule has 0 radical (unpaired) electrons. The molecule has 12 aliphatic carbocycles. The van der Waals surface area contributed by atoms with Gasteiger partial charge in [0, 0.05) is 17.3 Å². The van der Waals surface area contributed by atoms with Crippen molar-refractivity contribution >= 4 is 11.8 Å². The maximum atomic E-state index is 13.9. The van der Waals surface area contributed by atoms with E-state index >= 15 is 0 Å². The number of Topliss-reactive ketones (excluding diaryl/α,β-unsaturated/α-hetero) is 1. The van der Waals surface area contributed by atoms with Crippen LogP contribution in [0.25, 0.3) is 0 Å². The molecule has 12 bridgehead atoms. The Kier molecular flexibility index (Phi) is 5.66. The molecule has 0 aromatic rings. The highest BCUT2D eigenvalue weighted by Crippen LogP contribution is 2.64. The molecule has 0 aromatic heterocycles. The highest BCUT2D eigenvalue weighted by atomic mass is 16.8. The van der Waals surface area contributed by atoms with Gasteiger partial charge in [-0.05, 0) is 156 Å². The van der Waals surface area contributed by atoms with Crippen molar-refractivity contribution in [3.05, 3.63) is 0 Å². The van der Waals surface area contributed by atoms with E-state index in [9.17, 15) is 9.59 Å². The molecule has 42 heavy (non-hydrogen) atoms. The minimum atomic E-state index is -0.635. The van der Waals surface area contributed by atoms with Gasteiger partial charge in [0.25, 0.3) is 0 Å². The maximum Gasteiger partial charge on any atom is 0.312 e. The summed E-state index contributed by atoms with van der Waals surface area (Å²) in [4.78, 5) is 27.7. The Labute approximate surface area is 250 Å². The number of carbonyl (C=O) groups is 2. The van der Waals surface area contributed by atoms with Gasteiger partial charge in [-0.15, -0.1) is 0 Å². The molecular weight excluding hydrogens is 528 g/mol. The first kappa shape index (κ1) is 26.3. The summed E-state index contributed by atoms with van der Waals surface area (Å²) in [6.07, 6.45) is 19.1. The van der Waals surface area contributed by atoms with E-state index in [0.717, 1.165) is 68.1 Å². The highest BCUT2D eigenvalue weighted by molar-refractivity contribution is 5.86. The van der Waals surface area contributed by atoms with Crippen LogP contribution < -0.4 is 0 Å². The lowest BCUT2D eigenvalue weighted by Crippen LogP contribution is -2.58. The minimum absolute atomic E-state index is 0.000346. The lowest BCUT2D eigenvalue weighted by Gasteiger charge is -2.58. The zero-order chi connectivity index (χ0) is 27.8. The third-order valence-corrected chi connectivity index (χ3v) is 15.1. The molecule has 0 amide bonds. The second kappa shape index (κ2) is 9.06. The lowest BCUT2D eigenvalue weighted by atomic mass is 9.48. The van der Waals surface area contributed by atoms with Gasteiger partial charge in [-0.2, -0.15) is 0 Å². The van der Waals surface area contributed by atoms with Gasteiger partial charge >= 0.3 is 5.97 Å². The van der Waals surface area contributed by atoms with Crippen LogP contribution in [0.4, 0.5) is 0 Å². The SMILES string of the molecule is O=C(COC1OC2(OC1COC(=O)C13CC4CC(CC(C4)C1)C3)C1CC3CC(C1)CC2C3)C12CC3CC(CC(C3)C1)C2. The molecule has 6 heteroatoms. The highest BCUT2D eigenvalue weighted by Gasteiger charge is 2.65. The lowest BCUT2D eigenvalue weighted by molar-refractivity contribution is -0.312. The predicted octanol–water partition coefficient (Wildman–Crippen LogP) is 6.44. The standard InChI is InChI=1S/C36H50O6/c37-31(34-12-22-2-23(13-34)4-24(3-22)14-34)19-39-32-30(41-36(42-32)28-8-20-1-21(10-28)11-29(36)9-20)18-40-33(38)35-15-25-5-26(16-35)7-27(6-25)17-35/h20-30,32H,1-19H2. The second-order valence-electron chi connectivity index (χ2n) is 17.9. The summed E-state index contributed by atoms with van der Waals surface area (Å²) in [6.45, 7) is 0.293. The van der Waals surface area contributed by atoms with Crippen molar-refractivity contribution in [2.75, 3.05) is 13.2 Å². The van der Waals surface area contributed by atoms with Crippen LogP contribution >= 0.6 is 0 Å². The largest absolute Gasteiger partial charge is 0.462 e. The monoisotopic (exact) mass is 578 g/mol. The molecule has 1 spiro atoms. The molecule has 0 N–H and O–H groups in total. The van der Waals surface area contributed by atoms with Gasteiger partial charge in [0.15, 0.2) is 17.9 Å². The average molecular weight is 579 g/mol. The fourth-order valence-electron chi connectivity index (χ4n) is 14.5. The molecule has 230 valence electrons. The van der Waals surface area contributed by atoms with Crippen LogP contribution in [0, 0.1) is 70.0 Å². The normalized spacial score (nSPS) is 57.4. The fraction of sp³-hybridized carbons (Fsp3) is 0.944. The molecule has 1 aliphatic heterocycles. The Hall–Kier alpha value is -0.980. The van der Waals surface area contributed by atoms with E-state index in [4.69, 9.17) is 18.9 Å². The molecule has 1 saturated heterocycles. The predicted molar refractivity (Wildman–Crippen MR) is 153 cm³/mol. The van der Waals surface area contributed by atoms with Gasteiger partial charge in [-0.1, -0.05) is 0 Å². The molecule has 2 atom stereocenters. The van der Waals surface area contributed by atoms with E-state index in [2.05, 4.69) is 0 Å². The van der Waals surface area contributed by atoms with Crippen molar-refractivity contribution in [3.63, 3.8) is 0 Å². The Balaban J connectivity index is 0.869. The average Bonchev–Trinajstić information content (AvgIpc) is 3.31. The summed E-state index contributed by atoms with van der Waals surface area (Å²) in [5.41, 5.74) is -0.450. The van der Waals surface area contributed by atoms with Crippen molar-refractivity contribution in [1.29, 1.82) is 0 Å². The molecule has 1 heterocycles. The fourth-order valence-corrected chi connectivity index (χ4v) is 14.5. The first-order chi connectivity index (χ1) is 20.4. The Bertz CT molecular complexity index is 989. The first-order valence-corrected chi connectivity index (χ1v) is 18.0. The van der Waals surface area contributed by atoms with Crippen molar-refractivity contribution < 1.29 is 28.5 Å². The number of ether oxygens (including phenoxy) is 4. The molecule has 13 fully saturated rings. The summed E-state index contributed by atoms with van der Waals surface area (Å²) < 4.78 is 26.6.